The summed E-state index contributed by atoms with van der Waals surface area (Å²) in [6, 6.07) is 0.324. The Morgan fingerprint density at radius 3 is 2.00 bits per heavy atom. The van der Waals surface area contributed by atoms with E-state index < -0.39 is 5.97 Å². The number of carbonyl (C=O) groups excluding carboxylic acids is 1. The van der Waals surface area contributed by atoms with Crippen LogP contribution in [0.3, 0.4) is 0 Å². The predicted molar refractivity (Wildman–Crippen MR) is 70.5 cm³/mol. The van der Waals surface area contributed by atoms with E-state index in [1.165, 1.54) is 32.1 Å². The second-order valence-corrected chi connectivity index (χ2v) is 6.78. The van der Waals surface area contributed by atoms with Gasteiger partial charge in [0.15, 0.2) is 0 Å². The third-order valence-corrected chi connectivity index (χ3v) is 5.51. The van der Waals surface area contributed by atoms with Gasteiger partial charge in [-0.3, -0.25) is 9.59 Å². The highest BCUT2D eigenvalue weighted by molar-refractivity contribution is 5.75. The summed E-state index contributed by atoms with van der Waals surface area (Å²) in [4.78, 5) is 24.6. The molecule has 0 saturated heterocycles. The van der Waals surface area contributed by atoms with Crippen LogP contribution < -0.4 is 0 Å². The normalized spacial score (nSPS) is 39.3. The molecule has 0 aromatic rings. The molecule has 0 radical (unpaired) electrons. The fourth-order valence-corrected chi connectivity index (χ4v) is 5.14. The van der Waals surface area contributed by atoms with Gasteiger partial charge >= 0.3 is 5.97 Å². The Hall–Kier alpha value is -1.06. The quantitative estimate of drug-likeness (QED) is 0.847. The highest BCUT2D eigenvalue weighted by Crippen LogP contribution is 2.55. The fraction of sp³-hybridized carbons (Fsp3) is 0.867. The van der Waals surface area contributed by atoms with Crippen molar-refractivity contribution in [3.63, 3.8) is 0 Å². The monoisotopic (exact) mass is 265 g/mol. The van der Waals surface area contributed by atoms with Crippen LogP contribution >= 0.6 is 0 Å². The van der Waals surface area contributed by atoms with E-state index in [-0.39, 0.29) is 12.3 Å². The number of amides is 1. The predicted octanol–water partition coefficient (Wildman–Crippen LogP) is 2.13. The smallest absolute Gasteiger partial charge is 0.305 e. The van der Waals surface area contributed by atoms with E-state index in [0.29, 0.717) is 24.4 Å². The molecule has 4 bridgehead atoms. The minimum Gasteiger partial charge on any atom is -0.481 e. The molecule has 4 aliphatic carbocycles. The SMILES string of the molecule is CC(=O)N(CCC(=O)O)C1C2CC3CC(C2)CC1C3. The summed E-state index contributed by atoms with van der Waals surface area (Å²) in [5, 5.41) is 8.86. The summed E-state index contributed by atoms with van der Waals surface area (Å²) in [6.07, 6.45) is 6.50. The van der Waals surface area contributed by atoms with Gasteiger partial charge in [-0.15, -0.1) is 0 Å². The van der Waals surface area contributed by atoms with Crippen molar-refractivity contribution in [3.05, 3.63) is 0 Å². The Kier molecular flexibility index (Phi) is 3.27. The van der Waals surface area contributed by atoms with E-state index in [2.05, 4.69) is 0 Å². The molecule has 0 atom stereocenters. The molecule has 0 aliphatic heterocycles. The number of hydrogen-bond acceptors (Lipinski definition) is 2. The number of carboxylic acid groups (broad SMARTS) is 1. The molecule has 0 aromatic heterocycles. The van der Waals surface area contributed by atoms with Crippen molar-refractivity contribution in [2.75, 3.05) is 6.54 Å². The first-order valence-corrected chi connectivity index (χ1v) is 7.53. The molecule has 4 aliphatic rings. The molecule has 4 heteroatoms. The topological polar surface area (TPSA) is 57.6 Å². The molecule has 106 valence electrons. The van der Waals surface area contributed by atoms with Gasteiger partial charge in [-0.25, -0.2) is 0 Å². The molecule has 4 rings (SSSR count). The molecule has 0 aromatic carbocycles. The van der Waals surface area contributed by atoms with Gasteiger partial charge in [-0.05, 0) is 55.8 Å². The minimum absolute atomic E-state index is 0.0544. The summed E-state index contributed by atoms with van der Waals surface area (Å²) in [5.74, 6) is 2.27. The van der Waals surface area contributed by atoms with Gasteiger partial charge in [0, 0.05) is 19.5 Å². The zero-order valence-corrected chi connectivity index (χ0v) is 11.5. The summed E-state index contributed by atoms with van der Waals surface area (Å²) in [7, 11) is 0. The van der Waals surface area contributed by atoms with Crippen molar-refractivity contribution in [3.8, 4) is 0 Å². The number of carbonyl (C=O) groups is 2. The van der Waals surface area contributed by atoms with Crippen molar-refractivity contribution in [2.45, 2.75) is 51.5 Å². The summed E-state index contributed by atoms with van der Waals surface area (Å²) in [6.45, 7) is 1.98. The minimum atomic E-state index is -0.810. The highest BCUT2D eigenvalue weighted by atomic mass is 16.4. The lowest BCUT2D eigenvalue weighted by atomic mass is 9.54. The maximum atomic E-state index is 11.9. The second-order valence-electron chi connectivity index (χ2n) is 6.78. The Morgan fingerprint density at radius 1 is 1.05 bits per heavy atom. The summed E-state index contributed by atoms with van der Waals surface area (Å²) in [5.41, 5.74) is 0. The summed E-state index contributed by atoms with van der Waals surface area (Å²) >= 11 is 0. The van der Waals surface area contributed by atoms with Gasteiger partial charge in [0.05, 0.1) is 6.42 Å². The number of aliphatic carboxylic acids is 1. The van der Waals surface area contributed by atoms with Crippen LogP contribution in [-0.2, 0) is 9.59 Å². The maximum absolute atomic E-state index is 11.9. The summed E-state index contributed by atoms with van der Waals surface area (Å²) < 4.78 is 0. The number of carboxylic acids is 1. The Balaban J connectivity index is 1.75. The van der Waals surface area contributed by atoms with Crippen LogP contribution in [0.2, 0.25) is 0 Å². The maximum Gasteiger partial charge on any atom is 0.305 e. The first-order chi connectivity index (χ1) is 9.04. The lowest BCUT2D eigenvalue weighted by Crippen LogP contribution is -2.57. The molecule has 1 amide bonds. The van der Waals surface area contributed by atoms with Crippen molar-refractivity contribution in [1.29, 1.82) is 0 Å². The Morgan fingerprint density at radius 2 is 1.58 bits per heavy atom. The van der Waals surface area contributed by atoms with Gasteiger partial charge in [0.2, 0.25) is 5.91 Å². The van der Waals surface area contributed by atoms with Crippen LogP contribution in [0.15, 0.2) is 0 Å². The molecule has 0 spiro atoms. The molecule has 0 heterocycles. The van der Waals surface area contributed by atoms with Gasteiger partial charge in [-0.2, -0.15) is 0 Å². The molecule has 4 fully saturated rings. The molecule has 19 heavy (non-hydrogen) atoms. The lowest BCUT2D eigenvalue weighted by Gasteiger charge is -2.57. The van der Waals surface area contributed by atoms with Crippen LogP contribution in [-0.4, -0.2) is 34.5 Å². The third kappa shape index (κ3) is 2.37. The average molecular weight is 265 g/mol. The zero-order valence-electron chi connectivity index (χ0n) is 11.5. The number of hydrogen-bond donors (Lipinski definition) is 1. The molecule has 4 saturated carbocycles. The van der Waals surface area contributed by atoms with Gasteiger partial charge in [0.1, 0.15) is 0 Å². The molecule has 1 N–H and O–H groups in total. The Labute approximate surface area is 114 Å². The van der Waals surface area contributed by atoms with E-state index >= 15 is 0 Å². The number of nitrogens with zero attached hydrogens (tertiary/aromatic N) is 1. The van der Waals surface area contributed by atoms with Crippen molar-refractivity contribution < 1.29 is 14.7 Å². The van der Waals surface area contributed by atoms with Crippen molar-refractivity contribution in [1.82, 2.24) is 4.90 Å². The molecular formula is C15H23NO3. The zero-order chi connectivity index (χ0) is 13.6. The van der Waals surface area contributed by atoms with Crippen LogP contribution in [0.1, 0.15) is 45.4 Å². The van der Waals surface area contributed by atoms with Gasteiger partial charge in [-0.1, -0.05) is 0 Å². The van der Waals surface area contributed by atoms with Crippen LogP contribution in [0.25, 0.3) is 0 Å². The van der Waals surface area contributed by atoms with E-state index in [4.69, 9.17) is 5.11 Å². The van der Waals surface area contributed by atoms with Crippen LogP contribution in [0, 0.1) is 23.7 Å². The first kappa shape index (κ1) is 12.9. The van der Waals surface area contributed by atoms with E-state index in [1.807, 2.05) is 4.90 Å². The van der Waals surface area contributed by atoms with Gasteiger partial charge < -0.3 is 10.0 Å². The largest absolute Gasteiger partial charge is 0.481 e. The Bertz CT molecular complexity index is 365. The van der Waals surface area contributed by atoms with E-state index in [1.54, 1.807) is 6.92 Å². The van der Waals surface area contributed by atoms with Crippen molar-refractivity contribution in [2.24, 2.45) is 23.7 Å². The highest BCUT2D eigenvalue weighted by Gasteiger charge is 2.50. The van der Waals surface area contributed by atoms with Crippen LogP contribution in [0.5, 0.6) is 0 Å². The first-order valence-electron chi connectivity index (χ1n) is 7.53. The fourth-order valence-electron chi connectivity index (χ4n) is 5.14. The van der Waals surface area contributed by atoms with Gasteiger partial charge in [0.25, 0.3) is 0 Å². The van der Waals surface area contributed by atoms with E-state index in [0.717, 1.165) is 11.8 Å². The van der Waals surface area contributed by atoms with Crippen LogP contribution in [0.4, 0.5) is 0 Å². The standard InChI is InChI=1S/C15H23NO3/c1-9(17)16(3-2-14(18)19)15-12-5-10-4-11(7-12)8-13(15)6-10/h10-13,15H,2-8H2,1H3,(H,18,19). The molecule has 4 nitrogen and oxygen atoms in total. The second kappa shape index (κ2) is 4.80. The number of rotatable bonds is 4. The molecule has 0 unspecified atom stereocenters. The average Bonchev–Trinajstić information content (AvgIpc) is 2.30. The molecular weight excluding hydrogens is 242 g/mol. The third-order valence-electron chi connectivity index (χ3n) is 5.51. The van der Waals surface area contributed by atoms with Crippen molar-refractivity contribution >= 4 is 11.9 Å². The lowest BCUT2D eigenvalue weighted by molar-refractivity contribution is -0.144. The van der Waals surface area contributed by atoms with E-state index in [9.17, 15) is 9.59 Å².